The summed E-state index contributed by atoms with van der Waals surface area (Å²) >= 11 is 1.81. The molecule has 3 heteroatoms. The number of thiophene rings is 1. The van der Waals surface area contributed by atoms with E-state index in [1.165, 1.54) is 17.7 Å². The van der Waals surface area contributed by atoms with Gasteiger partial charge in [0.05, 0.1) is 6.10 Å². The van der Waals surface area contributed by atoms with Gasteiger partial charge in [-0.25, -0.2) is 0 Å². The predicted molar refractivity (Wildman–Crippen MR) is 59.7 cm³/mol. The molecular formula is C11H17NOS. The average molecular weight is 211 g/mol. The Bertz CT molecular complexity index is 254. The Balaban J connectivity index is 1.74. The molecule has 1 aromatic heterocycles. The Kier molecular flexibility index (Phi) is 3.56. The zero-order chi connectivity index (χ0) is 9.80. The maximum Gasteiger partial charge on any atom is 0.0700 e. The van der Waals surface area contributed by atoms with Gasteiger partial charge in [0.25, 0.3) is 0 Å². The molecule has 1 aliphatic rings. The summed E-state index contributed by atoms with van der Waals surface area (Å²) in [6.07, 6.45) is 2.88. The van der Waals surface area contributed by atoms with Crippen molar-refractivity contribution < 1.29 is 4.74 Å². The van der Waals surface area contributed by atoms with E-state index in [0.717, 1.165) is 13.2 Å². The van der Waals surface area contributed by atoms with Crippen LogP contribution in [-0.2, 0) is 4.74 Å². The number of nitrogens with one attached hydrogen (secondary N) is 1. The second-order valence-corrected chi connectivity index (χ2v) is 4.76. The molecule has 14 heavy (non-hydrogen) atoms. The molecule has 0 unspecified atom stereocenters. The monoisotopic (exact) mass is 211 g/mol. The number of hydrogen-bond acceptors (Lipinski definition) is 3. The lowest BCUT2D eigenvalue weighted by Gasteiger charge is -2.15. The molecule has 2 atom stereocenters. The van der Waals surface area contributed by atoms with Gasteiger partial charge in [-0.05, 0) is 31.2 Å². The summed E-state index contributed by atoms with van der Waals surface area (Å²) in [6.45, 7) is 4.14. The van der Waals surface area contributed by atoms with E-state index in [-0.39, 0.29) is 0 Å². The SMILES string of the molecule is C[C@@H](NC[C@@H]1CCCO1)c1cccs1. The van der Waals surface area contributed by atoms with E-state index in [2.05, 4.69) is 29.8 Å². The first kappa shape index (κ1) is 10.1. The molecule has 0 amide bonds. The van der Waals surface area contributed by atoms with Crippen LogP contribution in [0.25, 0.3) is 0 Å². The van der Waals surface area contributed by atoms with Gasteiger partial charge in [-0.1, -0.05) is 6.07 Å². The van der Waals surface area contributed by atoms with E-state index >= 15 is 0 Å². The van der Waals surface area contributed by atoms with E-state index in [1.54, 1.807) is 0 Å². The molecule has 1 aliphatic heterocycles. The largest absolute Gasteiger partial charge is 0.377 e. The van der Waals surface area contributed by atoms with Gasteiger partial charge in [-0.3, -0.25) is 0 Å². The first-order chi connectivity index (χ1) is 6.86. The van der Waals surface area contributed by atoms with Gasteiger partial charge in [0.1, 0.15) is 0 Å². The second-order valence-electron chi connectivity index (χ2n) is 3.78. The van der Waals surface area contributed by atoms with Crippen molar-refractivity contribution in [3.8, 4) is 0 Å². The molecule has 2 nitrogen and oxygen atoms in total. The standard InChI is InChI=1S/C11H17NOS/c1-9(11-5-3-7-14-11)12-8-10-4-2-6-13-10/h3,5,7,9-10,12H,2,4,6,8H2,1H3/t9-,10+/m1/s1. The summed E-state index contributed by atoms with van der Waals surface area (Å²) in [5, 5.41) is 5.64. The third-order valence-corrected chi connectivity index (χ3v) is 3.70. The van der Waals surface area contributed by atoms with Gasteiger partial charge in [0.2, 0.25) is 0 Å². The van der Waals surface area contributed by atoms with Gasteiger partial charge >= 0.3 is 0 Å². The summed E-state index contributed by atoms with van der Waals surface area (Å²) in [7, 11) is 0. The molecule has 0 aromatic carbocycles. The summed E-state index contributed by atoms with van der Waals surface area (Å²) in [6, 6.07) is 4.74. The van der Waals surface area contributed by atoms with Crippen LogP contribution in [0.4, 0.5) is 0 Å². The third-order valence-electron chi connectivity index (χ3n) is 2.65. The first-order valence-electron chi connectivity index (χ1n) is 5.24. The summed E-state index contributed by atoms with van der Waals surface area (Å²) in [5.41, 5.74) is 0. The quantitative estimate of drug-likeness (QED) is 0.826. The van der Waals surface area contributed by atoms with Crippen molar-refractivity contribution in [1.29, 1.82) is 0 Å². The fourth-order valence-corrected chi connectivity index (χ4v) is 2.51. The van der Waals surface area contributed by atoms with Crippen LogP contribution < -0.4 is 5.32 Å². The zero-order valence-electron chi connectivity index (χ0n) is 8.53. The van der Waals surface area contributed by atoms with Crippen molar-refractivity contribution >= 4 is 11.3 Å². The Morgan fingerprint density at radius 2 is 2.64 bits per heavy atom. The minimum Gasteiger partial charge on any atom is -0.377 e. The molecule has 78 valence electrons. The maximum atomic E-state index is 5.56. The highest BCUT2D eigenvalue weighted by Gasteiger charge is 2.16. The molecule has 0 bridgehead atoms. The van der Waals surface area contributed by atoms with Crippen LogP contribution >= 0.6 is 11.3 Å². The minimum atomic E-state index is 0.442. The fourth-order valence-electron chi connectivity index (χ4n) is 1.75. The van der Waals surface area contributed by atoms with Gasteiger partial charge in [0.15, 0.2) is 0 Å². The van der Waals surface area contributed by atoms with E-state index < -0.39 is 0 Å². The first-order valence-corrected chi connectivity index (χ1v) is 6.12. The van der Waals surface area contributed by atoms with Crippen molar-refractivity contribution in [2.24, 2.45) is 0 Å². The van der Waals surface area contributed by atoms with Crippen LogP contribution in [0.15, 0.2) is 17.5 Å². The van der Waals surface area contributed by atoms with Gasteiger partial charge < -0.3 is 10.1 Å². The highest BCUT2D eigenvalue weighted by molar-refractivity contribution is 7.10. The number of rotatable bonds is 4. The molecule has 1 N–H and O–H groups in total. The van der Waals surface area contributed by atoms with Crippen molar-refractivity contribution in [2.75, 3.05) is 13.2 Å². The van der Waals surface area contributed by atoms with Crippen LogP contribution in [0.3, 0.4) is 0 Å². The predicted octanol–water partition coefficient (Wildman–Crippen LogP) is 2.58. The van der Waals surface area contributed by atoms with Gasteiger partial charge in [-0.2, -0.15) is 0 Å². The molecule has 0 aliphatic carbocycles. The lowest BCUT2D eigenvalue weighted by atomic mass is 10.2. The molecule has 2 rings (SSSR count). The topological polar surface area (TPSA) is 21.3 Å². The normalized spacial score (nSPS) is 23.9. The minimum absolute atomic E-state index is 0.442. The van der Waals surface area contributed by atoms with Crippen molar-refractivity contribution in [2.45, 2.75) is 31.9 Å². The van der Waals surface area contributed by atoms with Crippen molar-refractivity contribution in [1.82, 2.24) is 5.32 Å². The zero-order valence-corrected chi connectivity index (χ0v) is 9.35. The summed E-state index contributed by atoms with van der Waals surface area (Å²) in [4.78, 5) is 1.41. The van der Waals surface area contributed by atoms with Crippen LogP contribution in [-0.4, -0.2) is 19.3 Å². The molecule has 0 spiro atoms. The fraction of sp³-hybridized carbons (Fsp3) is 0.636. The summed E-state index contributed by atoms with van der Waals surface area (Å²) in [5.74, 6) is 0. The maximum absolute atomic E-state index is 5.56. The van der Waals surface area contributed by atoms with Crippen LogP contribution in [0.1, 0.15) is 30.7 Å². The van der Waals surface area contributed by atoms with Crippen molar-refractivity contribution in [3.05, 3.63) is 22.4 Å². The Labute approximate surface area is 89.3 Å². The van der Waals surface area contributed by atoms with E-state index in [1.807, 2.05) is 11.3 Å². The van der Waals surface area contributed by atoms with Gasteiger partial charge in [-0.15, -0.1) is 11.3 Å². The number of hydrogen-bond donors (Lipinski definition) is 1. The van der Waals surface area contributed by atoms with Crippen LogP contribution in [0.5, 0.6) is 0 Å². The second kappa shape index (κ2) is 4.91. The van der Waals surface area contributed by atoms with E-state index in [0.29, 0.717) is 12.1 Å². The highest BCUT2D eigenvalue weighted by Crippen LogP contribution is 2.19. The van der Waals surface area contributed by atoms with E-state index in [4.69, 9.17) is 4.74 Å². The van der Waals surface area contributed by atoms with Gasteiger partial charge in [0, 0.05) is 24.1 Å². The number of ether oxygens (including phenoxy) is 1. The Hall–Kier alpha value is -0.380. The molecule has 0 saturated carbocycles. The Morgan fingerprint density at radius 3 is 3.29 bits per heavy atom. The average Bonchev–Trinajstić information content (AvgIpc) is 2.87. The molecule has 2 heterocycles. The van der Waals surface area contributed by atoms with Crippen molar-refractivity contribution in [3.63, 3.8) is 0 Å². The highest BCUT2D eigenvalue weighted by atomic mass is 32.1. The summed E-state index contributed by atoms with van der Waals surface area (Å²) < 4.78 is 5.56. The van der Waals surface area contributed by atoms with Crippen LogP contribution in [0, 0.1) is 0 Å². The van der Waals surface area contributed by atoms with E-state index in [9.17, 15) is 0 Å². The molecule has 1 fully saturated rings. The lowest BCUT2D eigenvalue weighted by molar-refractivity contribution is 0.108. The molecule has 1 saturated heterocycles. The van der Waals surface area contributed by atoms with Crippen LogP contribution in [0.2, 0.25) is 0 Å². The third kappa shape index (κ3) is 2.56. The Morgan fingerprint density at radius 1 is 1.71 bits per heavy atom. The lowest BCUT2D eigenvalue weighted by Crippen LogP contribution is -2.28. The molecular weight excluding hydrogens is 194 g/mol. The smallest absolute Gasteiger partial charge is 0.0700 e. The molecule has 0 radical (unpaired) electrons. The molecule has 1 aromatic rings.